The van der Waals surface area contributed by atoms with Crippen LogP contribution in [0.5, 0.6) is 17.2 Å². The summed E-state index contributed by atoms with van der Waals surface area (Å²) in [7, 11) is 6.10. The minimum absolute atomic E-state index is 0.111. The maximum Gasteiger partial charge on any atom is 0.269 e. The van der Waals surface area contributed by atoms with Crippen LogP contribution in [-0.2, 0) is 0 Å². The molecule has 8 nitrogen and oxygen atoms in total. The van der Waals surface area contributed by atoms with Crippen LogP contribution < -0.4 is 19.5 Å². The fraction of sp³-hybridized carbons (Fsp3) is 0.294. The van der Waals surface area contributed by atoms with Gasteiger partial charge in [-0.1, -0.05) is 0 Å². The van der Waals surface area contributed by atoms with E-state index in [4.69, 9.17) is 14.2 Å². The lowest BCUT2D eigenvalue weighted by atomic mass is 9.98. The van der Waals surface area contributed by atoms with E-state index in [1.54, 1.807) is 25.2 Å². The number of aliphatic hydroxyl groups excluding tert-OH is 1. The van der Waals surface area contributed by atoms with E-state index in [2.05, 4.69) is 5.32 Å². The number of non-ortho nitro benzene ring substituents is 1. The van der Waals surface area contributed by atoms with Gasteiger partial charge < -0.3 is 24.6 Å². The van der Waals surface area contributed by atoms with E-state index in [0.29, 0.717) is 34.1 Å². The van der Waals surface area contributed by atoms with Crippen LogP contribution in [0.15, 0.2) is 30.3 Å². The van der Waals surface area contributed by atoms with Crippen LogP contribution >= 0.6 is 0 Å². The van der Waals surface area contributed by atoms with Crippen molar-refractivity contribution in [2.75, 3.05) is 33.7 Å². The molecule has 0 aliphatic heterocycles. The summed E-state index contributed by atoms with van der Waals surface area (Å²) in [5.41, 5.74) is 1.28. The van der Waals surface area contributed by atoms with Gasteiger partial charge in [0.1, 0.15) is 6.10 Å². The molecule has 1 atom stereocenters. The van der Waals surface area contributed by atoms with Gasteiger partial charge in [-0.15, -0.1) is 0 Å². The molecule has 0 aliphatic carbocycles. The number of aliphatic hydroxyl groups is 1. The molecule has 2 aromatic rings. The molecular weight excluding hydrogens is 328 g/mol. The minimum Gasteiger partial charge on any atom is -0.493 e. The zero-order valence-electron chi connectivity index (χ0n) is 14.4. The van der Waals surface area contributed by atoms with Crippen molar-refractivity contribution in [3.8, 4) is 17.2 Å². The Morgan fingerprint density at radius 3 is 2.12 bits per heavy atom. The highest BCUT2D eigenvalue weighted by molar-refractivity contribution is 5.61. The Bertz CT molecular complexity index is 753. The van der Waals surface area contributed by atoms with Crippen molar-refractivity contribution in [2.24, 2.45) is 0 Å². The van der Waals surface area contributed by atoms with Gasteiger partial charge in [-0.25, -0.2) is 0 Å². The zero-order chi connectivity index (χ0) is 18.6. The third kappa shape index (κ3) is 3.58. The lowest BCUT2D eigenvalue weighted by Crippen LogP contribution is -2.06. The summed E-state index contributed by atoms with van der Waals surface area (Å²) in [6, 6.07) is 7.46. The lowest BCUT2D eigenvalue weighted by Gasteiger charge is -2.19. The molecule has 0 unspecified atom stereocenters. The molecule has 0 heterocycles. The molecule has 134 valence electrons. The summed E-state index contributed by atoms with van der Waals surface area (Å²) in [4.78, 5) is 10.5. The van der Waals surface area contributed by atoms with Gasteiger partial charge in [0.15, 0.2) is 11.5 Å². The highest BCUT2D eigenvalue weighted by atomic mass is 16.6. The van der Waals surface area contributed by atoms with Crippen molar-refractivity contribution < 1.29 is 24.2 Å². The number of rotatable bonds is 7. The molecule has 0 saturated carbocycles. The number of anilines is 1. The molecule has 0 aliphatic rings. The first kappa shape index (κ1) is 18.3. The summed E-state index contributed by atoms with van der Waals surface area (Å²) in [6.45, 7) is 0. The molecule has 0 bridgehead atoms. The molecule has 2 rings (SSSR count). The standard InChI is InChI=1S/C17H20N2O6/c1-18-13-6-5-11(19(21)22)9-12(13)16(20)10-7-14(23-2)17(25-4)15(8-10)24-3/h5-9,16,18,20H,1-4H3/t16-/m0/s1. The van der Waals surface area contributed by atoms with E-state index >= 15 is 0 Å². The number of hydrogen-bond acceptors (Lipinski definition) is 7. The molecule has 2 N–H and O–H groups in total. The van der Waals surface area contributed by atoms with Crippen LogP contribution in [0.3, 0.4) is 0 Å². The molecule has 0 spiro atoms. The Morgan fingerprint density at radius 1 is 1.08 bits per heavy atom. The number of methoxy groups -OCH3 is 3. The van der Waals surface area contributed by atoms with E-state index in [9.17, 15) is 15.2 Å². The highest BCUT2D eigenvalue weighted by Gasteiger charge is 2.22. The SMILES string of the molecule is CNc1ccc([N+](=O)[O-])cc1[C@@H](O)c1cc(OC)c(OC)c(OC)c1. The maximum atomic E-state index is 11.0. The fourth-order valence-corrected chi connectivity index (χ4v) is 2.56. The van der Waals surface area contributed by atoms with Crippen LogP contribution in [-0.4, -0.2) is 38.4 Å². The number of nitrogens with zero attached hydrogens (tertiary/aromatic N) is 1. The predicted octanol–water partition coefficient (Wildman–Crippen LogP) is 2.74. The first-order valence-corrected chi connectivity index (χ1v) is 7.40. The summed E-state index contributed by atoms with van der Waals surface area (Å²) in [5, 5.41) is 24.8. The quantitative estimate of drug-likeness (QED) is 0.586. The van der Waals surface area contributed by atoms with E-state index in [0.717, 1.165) is 0 Å². The Morgan fingerprint density at radius 2 is 1.68 bits per heavy atom. The number of hydrogen-bond donors (Lipinski definition) is 2. The molecule has 25 heavy (non-hydrogen) atoms. The summed E-state index contributed by atoms with van der Waals surface area (Å²) >= 11 is 0. The minimum atomic E-state index is -1.13. The smallest absolute Gasteiger partial charge is 0.269 e. The van der Waals surface area contributed by atoms with Crippen LogP contribution in [0.4, 0.5) is 11.4 Å². The second-order valence-corrected chi connectivity index (χ2v) is 5.14. The molecule has 2 aromatic carbocycles. The Labute approximate surface area is 145 Å². The molecular formula is C17H20N2O6. The second kappa shape index (κ2) is 7.71. The molecule has 0 fully saturated rings. The average Bonchev–Trinajstić information content (AvgIpc) is 2.65. The lowest BCUT2D eigenvalue weighted by molar-refractivity contribution is -0.384. The van der Waals surface area contributed by atoms with E-state index in [-0.39, 0.29) is 5.69 Å². The average molecular weight is 348 g/mol. The van der Waals surface area contributed by atoms with Gasteiger partial charge in [-0.2, -0.15) is 0 Å². The summed E-state index contributed by atoms with van der Waals surface area (Å²) < 4.78 is 15.8. The fourth-order valence-electron chi connectivity index (χ4n) is 2.56. The molecule has 0 radical (unpaired) electrons. The van der Waals surface area contributed by atoms with Gasteiger partial charge in [0.2, 0.25) is 5.75 Å². The molecule has 0 aromatic heterocycles. The topological polar surface area (TPSA) is 103 Å². The van der Waals surface area contributed by atoms with Crippen molar-refractivity contribution in [3.05, 3.63) is 51.6 Å². The number of nitro groups is 1. The Balaban J connectivity index is 2.59. The number of nitrogens with one attached hydrogen (secondary N) is 1. The first-order chi connectivity index (χ1) is 12.0. The van der Waals surface area contributed by atoms with Crippen molar-refractivity contribution in [1.82, 2.24) is 0 Å². The van der Waals surface area contributed by atoms with Crippen molar-refractivity contribution in [1.29, 1.82) is 0 Å². The third-order valence-corrected chi connectivity index (χ3v) is 3.81. The third-order valence-electron chi connectivity index (χ3n) is 3.81. The summed E-state index contributed by atoms with van der Waals surface area (Å²) in [5.74, 6) is 1.16. The van der Waals surface area contributed by atoms with Gasteiger partial charge in [0.05, 0.1) is 26.3 Å². The zero-order valence-corrected chi connectivity index (χ0v) is 14.4. The number of ether oxygens (including phenoxy) is 3. The Hall–Kier alpha value is -3.00. The van der Waals surface area contributed by atoms with Crippen molar-refractivity contribution in [3.63, 3.8) is 0 Å². The van der Waals surface area contributed by atoms with Crippen LogP contribution in [0.2, 0.25) is 0 Å². The van der Waals surface area contributed by atoms with Gasteiger partial charge in [-0.3, -0.25) is 10.1 Å². The van der Waals surface area contributed by atoms with Gasteiger partial charge in [0.25, 0.3) is 5.69 Å². The van der Waals surface area contributed by atoms with Gasteiger partial charge in [0, 0.05) is 30.4 Å². The molecule has 0 saturated heterocycles. The first-order valence-electron chi connectivity index (χ1n) is 7.40. The Kier molecular flexibility index (Phi) is 5.66. The normalized spacial score (nSPS) is 11.6. The van der Waals surface area contributed by atoms with E-state index in [1.807, 2.05) is 0 Å². The van der Waals surface area contributed by atoms with Gasteiger partial charge in [-0.05, 0) is 23.8 Å². The second-order valence-electron chi connectivity index (χ2n) is 5.14. The summed E-state index contributed by atoms with van der Waals surface area (Å²) in [6.07, 6.45) is -1.13. The van der Waals surface area contributed by atoms with E-state index in [1.165, 1.54) is 33.5 Å². The van der Waals surface area contributed by atoms with Gasteiger partial charge >= 0.3 is 0 Å². The van der Waals surface area contributed by atoms with Crippen molar-refractivity contribution in [2.45, 2.75) is 6.10 Å². The highest BCUT2D eigenvalue weighted by Crippen LogP contribution is 2.42. The van der Waals surface area contributed by atoms with E-state index < -0.39 is 11.0 Å². The van der Waals surface area contributed by atoms with Crippen LogP contribution in [0.25, 0.3) is 0 Å². The largest absolute Gasteiger partial charge is 0.493 e. The number of benzene rings is 2. The molecule has 0 amide bonds. The van der Waals surface area contributed by atoms with Crippen molar-refractivity contribution >= 4 is 11.4 Å². The van der Waals surface area contributed by atoms with Crippen LogP contribution in [0.1, 0.15) is 17.2 Å². The predicted molar refractivity (Wildman–Crippen MR) is 92.8 cm³/mol. The van der Waals surface area contributed by atoms with Crippen LogP contribution in [0, 0.1) is 10.1 Å². The monoisotopic (exact) mass is 348 g/mol. The maximum absolute atomic E-state index is 11.0. The number of nitro benzene ring substituents is 1. The molecule has 8 heteroatoms.